The van der Waals surface area contributed by atoms with E-state index < -0.39 is 12.0 Å². The highest BCUT2D eigenvalue weighted by molar-refractivity contribution is 14.1. The van der Waals surface area contributed by atoms with Crippen LogP contribution in [-0.2, 0) is 9.53 Å². The van der Waals surface area contributed by atoms with Gasteiger partial charge in [-0.05, 0) is 93.3 Å². The number of halogens is 2. The monoisotopic (exact) mass is 682 g/mol. The Bertz CT molecular complexity index is 1520. The SMILES string of the molecule is CCCC1=C(C(=O)OCC)[C@H](c2cccc(OC)c2)n2c(s/c(=C\c3cc(Br)c(O)c(I)c3)c2=O)=N1. The minimum atomic E-state index is -0.703. The van der Waals surface area contributed by atoms with Crippen LogP contribution in [0.5, 0.6) is 11.5 Å². The van der Waals surface area contributed by atoms with Gasteiger partial charge in [-0.25, -0.2) is 9.79 Å². The molecule has 36 heavy (non-hydrogen) atoms. The molecule has 0 bridgehead atoms. The lowest BCUT2D eigenvalue weighted by molar-refractivity contribution is -0.139. The largest absolute Gasteiger partial charge is 0.506 e. The summed E-state index contributed by atoms with van der Waals surface area (Å²) in [5.41, 5.74) is 2.22. The molecule has 3 aromatic rings. The molecule has 2 aromatic carbocycles. The number of esters is 1. The Balaban J connectivity index is 2.01. The summed E-state index contributed by atoms with van der Waals surface area (Å²) in [5.74, 6) is 0.287. The summed E-state index contributed by atoms with van der Waals surface area (Å²) < 4.78 is 14.1. The number of benzene rings is 2. The van der Waals surface area contributed by atoms with E-state index >= 15 is 0 Å². The molecule has 0 saturated carbocycles. The van der Waals surface area contributed by atoms with Gasteiger partial charge in [0.1, 0.15) is 11.5 Å². The Morgan fingerprint density at radius 1 is 1.31 bits per heavy atom. The number of thiazole rings is 1. The number of aromatic hydroxyl groups is 1. The number of carbonyl (C=O) groups excluding carboxylic acids is 1. The zero-order valence-electron chi connectivity index (χ0n) is 19.9. The van der Waals surface area contributed by atoms with Gasteiger partial charge in [0.05, 0.1) is 43.6 Å². The highest BCUT2D eigenvalue weighted by Gasteiger charge is 2.34. The molecule has 188 valence electrons. The van der Waals surface area contributed by atoms with Gasteiger partial charge in [-0.3, -0.25) is 9.36 Å². The zero-order valence-corrected chi connectivity index (χ0v) is 24.4. The highest BCUT2D eigenvalue weighted by Crippen LogP contribution is 2.34. The van der Waals surface area contributed by atoms with Crippen LogP contribution in [0.3, 0.4) is 0 Å². The molecule has 0 fully saturated rings. The minimum absolute atomic E-state index is 0.149. The molecular formula is C26H24BrIN2O5S. The summed E-state index contributed by atoms with van der Waals surface area (Å²) >= 11 is 6.67. The Kier molecular flexibility index (Phi) is 8.36. The molecule has 0 radical (unpaired) electrons. The van der Waals surface area contributed by atoms with Gasteiger partial charge in [0.15, 0.2) is 4.80 Å². The van der Waals surface area contributed by atoms with Crippen LogP contribution in [0.15, 0.2) is 61.9 Å². The molecule has 0 unspecified atom stereocenters. The third kappa shape index (κ3) is 5.16. The smallest absolute Gasteiger partial charge is 0.338 e. The summed E-state index contributed by atoms with van der Waals surface area (Å²) in [6.45, 7) is 3.99. The standard InChI is InChI=1S/C26H24BrIN2O5S/c1-4-7-19-21(25(33)35-5-2)22(15-8-6-9-16(13-15)34-3)30-24(32)20(36-26(30)29-19)12-14-10-17(27)23(31)18(28)11-14/h6,8-13,22,31H,4-5,7H2,1-3H3/b20-12-/t22-/m0/s1. The molecule has 1 aromatic heterocycles. The molecule has 2 heterocycles. The number of phenolic OH excluding ortho intramolecular Hbond substituents is 1. The lowest BCUT2D eigenvalue weighted by atomic mass is 9.94. The number of phenols is 1. The second kappa shape index (κ2) is 11.3. The lowest BCUT2D eigenvalue weighted by Gasteiger charge is -2.26. The maximum absolute atomic E-state index is 13.8. The molecule has 0 aliphatic carbocycles. The van der Waals surface area contributed by atoms with Crippen molar-refractivity contribution in [2.24, 2.45) is 4.99 Å². The van der Waals surface area contributed by atoms with Crippen LogP contribution in [0.4, 0.5) is 0 Å². The van der Waals surface area contributed by atoms with Crippen molar-refractivity contribution < 1.29 is 19.4 Å². The molecule has 1 N–H and O–H groups in total. The lowest BCUT2D eigenvalue weighted by Crippen LogP contribution is -2.40. The van der Waals surface area contributed by atoms with Crippen LogP contribution < -0.4 is 19.6 Å². The summed E-state index contributed by atoms with van der Waals surface area (Å²) in [6, 6.07) is 10.2. The fourth-order valence-electron chi connectivity index (χ4n) is 4.07. The van der Waals surface area contributed by atoms with Crippen LogP contribution in [0.2, 0.25) is 0 Å². The molecular weight excluding hydrogens is 659 g/mol. The van der Waals surface area contributed by atoms with Gasteiger partial charge in [0.2, 0.25) is 0 Å². The first-order valence-corrected chi connectivity index (χ1v) is 14.0. The van der Waals surface area contributed by atoms with Crippen molar-refractivity contribution in [3.63, 3.8) is 0 Å². The van der Waals surface area contributed by atoms with E-state index in [9.17, 15) is 14.7 Å². The number of nitrogens with zero attached hydrogens (tertiary/aromatic N) is 2. The van der Waals surface area contributed by atoms with E-state index in [2.05, 4.69) is 15.9 Å². The van der Waals surface area contributed by atoms with Crippen molar-refractivity contribution in [2.45, 2.75) is 32.7 Å². The van der Waals surface area contributed by atoms with Crippen molar-refractivity contribution in [3.05, 3.63) is 86.5 Å². The van der Waals surface area contributed by atoms with Crippen molar-refractivity contribution in [1.82, 2.24) is 4.57 Å². The van der Waals surface area contributed by atoms with E-state index in [1.165, 1.54) is 11.3 Å². The van der Waals surface area contributed by atoms with E-state index in [4.69, 9.17) is 14.5 Å². The van der Waals surface area contributed by atoms with Gasteiger partial charge >= 0.3 is 5.97 Å². The Morgan fingerprint density at radius 3 is 2.75 bits per heavy atom. The van der Waals surface area contributed by atoms with Gasteiger partial charge in [-0.1, -0.05) is 36.8 Å². The van der Waals surface area contributed by atoms with Crippen LogP contribution in [-0.4, -0.2) is 29.4 Å². The predicted octanol–water partition coefficient (Wildman–Crippen LogP) is 4.66. The Morgan fingerprint density at radius 2 is 2.08 bits per heavy atom. The topological polar surface area (TPSA) is 90.1 Å². The van der Waals surface area contributed by atoms with Crippen molar-refractivity contribution in [3.8, 4) is 11.5 Å². The van der Waals surface area contributed by atoms with Crippen molar-refractivity contribution in [1.29, 1.82) is 0 Å². The third-order valence-electron chi connectivity index (χ3n) is 5.64. The zero-order chi connectivity index (χ0) is 26.0. The number of allylic oxidation sites excluding steroid dienone is 1. The van der Waals surface area contributed by atoms with Gasteiger partial charge in [-0.2, -0.15) is 0 Å². The second-order valence-corrected chi connectivity index (χ2v) is 11.0. The number of aromatic nitrogens is 1. The van der Waals surface area contributed by atoms with Crippen LogP contribution in [0, 0.1) is 3.57 Å². The van der Waals surface area contributed by atoms with Gasteiger partial charge in [-0.15, -0.1) is 0 Å². The summed E-state index contributed by atoms with van der Waals surface area (Å²) in [6.07, 6.45) is 3.12. The second-order valence-electron chi connectivity index (χ2n) is 8.02. The predicted molar refractivity (Wildman–Crippen MR) is 151 cm³/mol. The molecule has 4 rings (SSSR count). The molecule has 7 nitrogen and oxygen atoms in total. The average molecular weight is 683 g/mol. The van der Waals surface area contributed by atoms with Crippen LogP contribution >= 0.6 is 49.9 Å². The summed E-state index contributed by atoms with van der Waals surface area (Å²) in [4.78, 5) is 32.3. The molecule has 1 aliphatic rings. The molecule has 1 aliphatic heterocycles. The van der Waals surface area contributed by atoms with Gasteiger partial charge in [0.25, 0.3) is 5.56 Å². The number of methoxy groups -OCH3 is 1. The molecule has 0 saturated heterocycles. The van der Waals surface area contributed by atoms with Gasteiger partial charge < -0.3 is 14.6 Å². The van der Waals surface area contributed by atoms with Crippen LogP contribution in [0.25, 0.3) is 6.08 Å². The molecule has 0 spiro atoms. The Hall–Kier alpha value is -2.44. The van der Waals surface area contributed by atoms with E-state index in [0.717, 1.165) is 17.5 Å². The first-order chi connectivity index (χ1) is 17.3. The van der Waals surface area contributed by atoms with E-state index in [0.29, 0.717) is 40.8 Å². The number of rotatable bonds is 7. The third-order valence-corrected chi connectivity index (χ3v) is 8.05. The van der Waals surface area contributed by atoms with E-state index in [-0.39, 0.29) is 17.9 Å². The number of ether oxygens (including phenoxy) is 2. The first-order valence-electron chi connectivity index (χ1n) is 11.3. The first kappa shape index (κ1) is 26.6. The fourth-order valence-corrected chi connectivity index (χ4v) is 6.59. The number of carbonyl (C=O) groups is 1. The number of hydrogen-bond donors (Lipinski definition) is 1. The molecule has 10 heteroatoms. The average Bonchev–Trinajstić information content (AvgIpc) is 3.16. The summed E-state index contributed by atoms with van der Waals surface area (Å²) in [5, 5.41) is 10.1. The number of fused-ring (bicyclic) bond motifs is 1. The Labute approximate surface area is 234 Å². The molecule has 1 atom stereocenters. The fraction of sp³-hybridized carbons (Fsp3) is 0.269. The quantitative estimate of drug-likeness (QED) is 0.289. The number of hydrogen-bond acceptors (Lipinski definition) is 7. The maximum atomic E-state index is 13.8. The highest BCUT2D eigenvalue weighted by atomic mass is 127. The van der Waals surface area contributed by atoms with Crippen molar-refractivity contribution in [2.75, 3.05) is 13.7 Å². The minimum Gasteiger partial charge on any atom is -0.506 e. The van der Waals surface area contributed by atoms with E-state index in [1.807, 2.05) is 53.8 Å². The van der Waals surface area contributed by atoms with Gasteiger partial charge in [0, 0.05) is 0 Å². The molecule has 0 amide bonds. The van der Waals surface area contributed by atoms with E-state index in [1.54, 1.807) is 36.8 Å². The maximum Gasteiger partial charge on any atom is 0.338 e. The summed E-state index contributed by atoms with van der Waals surface area (Å²) in [7, 11) is 1.58. The van der Waals surface area contributed by atoms with Crippen molar-refractivity contribution >= 4 is 61.9 Å². The van der Waals surface area contributed by atoms with Crippen LogP contribution in [0.1, 0.15) is 43.9 Å². The normalized spacial score (nSPS) is 15.5.